The maximum Gasteiger partial charge on any atom is 0.416 e. The summed E-state index contributed by atoms with van der Waals surface area (Å²) < 4.78 is 50.7. The number of halogens is 4. The van der Waals surface area contributed by atoms with Gasteiger partial charge in [-0.1, -0.05) is 23.7 Å². The maximum atomic E-state index is 13.6. The van der Waals surface area contributed by atoms with Gasteiger partial charge >= 0.3 is 12.3 Å². The second-order valence-electron chi connectivity index (χ2n) is 8.56. The van der Waals surface area contributed by atoms with Gasteiger partial charge in [0.1, 0.15) is 5.75 Å². The first-order chi connectivity index (χ1) is 16.6. The number of alkyl carbamates (subject to hydrolysis) is 1. The van der Waals surface area contributed by atoms with Gasteiger partial charge in [0.15, 0.2) is 0 Å². The van der Waals surface area contributed by atoms with Crippen LogP contribution in [0.15, 0.2) is 36.4 Å². The smallest absolute Gasteiger partial charge is 0.416 e. The molecule has 0 spiro atoms. The highest BCUT2D eigenvalue weighted by Crippen LogP contribution is 2.47. The van der Waals surface area contributed by atoms with E-state index in [2.05, 4.69) is 15.4 Å². The number of amides is 1. The maximum absolute atomic E-state index is 13.6. The van der Waals surface area contributed by atoms with Crippen molar-refractivity contribution in [3.8, 4) is 16.9 Å². The molecule has 6 nitrogen and oxygen atoms in total. The van der Waals surface area contributed by atoms with E-state index < -0.39 is 23.4 Å². The molecular formula is C25H30ClF3N2O4. The molecule has 10 heteroatoms. The Kier molecular flexibility index (Phi) is 8.90. The predicted molar refractivity (Wildman–Crippen MR) is 128 cm³/mol. The lowest BCUT2D eigenvalue weighted by Gasteiger charge is -2.41. The van der Waals surface area contributed by atoms with Gasteiger partial charge in [0, 0.05) is 35.2 Å². The molecule has 2 aromatic rings. The van der Waals surface area contributed by atoms with Crippen molar-refractivity contribution in [3.63, 3.8) is 0 Å². The quantitative estimate of drug-likeness (QED) is 0.413. The average Bonchev–Trinajstić information content (AvgIpc) is 2.85. The summed E-state index contributed by atoms with van der Waals surface area (Å²) in [6, 6.07) is 8.17. The van der Waals surface area contributed by atoms with Gasteiger partial charge in [-0.2, -0.15) is 13.2 Å². The summed E-state index contributed by atoms with van der Waals surface area (Å²) in [5.74, 6) is -0.00721. The largest absolute Gasteiger partial charge is 0.496 e. The molecule has 0 radical (unpaired) electrons. The highest BCUT2D eigenvalue weighted by Gasteiger charge is 2.41. The Hall–Kier alpha value is -2.49. The monoisotopic (exact) mass is 514 g/mol. The van der Waals surface area contributed by atoms with E-state index in [1.54, 1.807) is 18.2 Å². The van der Waals surface area contributed by atoms with E-state index in [4.69, 9.17) is 16.3 Å². The lowest BCUT2D eigenvalue weighted by atomic mass is 9.72. The SMILES string of the molecule is COC(=O)NCCCC(O)(c1cccc(Cl)c1-c1cc(C(F)(F)F)ccc1OC)C1CCCNC1. The first kappa shape index (κ1) is 27.1. The molecule has 1 aliphatic rings. The lowest BCUT2D eigenvalue weighted by Crippen LogP contribution is -2.45. The summed E-state index contributed by atoms with van der Waals surface area (Å²) in [5.41, 5.74) is -1.40. The summed E-state index contributed by atoms with van der Waals surface area (Å²) in [6.07, 6.45) is -2.92. The summed E-state index contributed by atoms with van der Waals surface area (Å²) in [7, 11) is 2.64. The van der Waals surface area contributed by atoms with Crippen LogP contribution in [0.3, 0.4) is 0 Å². The number of rotatable bonds is 8. The first-order valence-electron chi connectivity index (χ1n) is 11.4. The highest BCUT2D eigenvalue weighted by atomic mass is 35.5. The number of methoxy groups -OCH3 is 2. The number of benzene rings is 2. The minimum atomic E-state index is -4.56. The van der Waals surface area contributed by atoms with Crippen LogP contribution in [-0.2, 0) is 16.5 Å². The number of hydrogen-bond acceptors (Lipinski definition) is 5. The van der Waals surface area contributed by atoms with E-state index in [1.807, 2.05) is 0 Å². The van der Waals surface area contributed by atoms with Crippen LogP contribution in [0.4, 0.5) is 18.0 Å². The highest BCUT2D eigenvalue weighted by molar-refractivity contribution is 6.33. The summed E-state index contributed by atoms with van der Waals surface area (Å²) in [6.45, 7) is 1.62. The number of nitrogens with one attached hydrogen (secondary N) is 2. The number of carbonyl (C=O) groups excluding carboxylic acids is 1. The predicted octanol–water partition coefficient (Wildman–Crippen LogP) is 5.36. The van der Waals surface area contributed by atoms with E-state index in [0.717, 1.165) is 31.5 Å². The average molecular weight is 515 g/mol. The Morgan fingerprint density at radius 1 is 1.26 bits per heavy atom. The molecule has 1 amide bonds. The van der Waals surface area contributed by atoms with Crippen molar-refractivity contribution in [2.24, 2.45) is 5.92 Å². The third-order valence-corrected chi connectivity index (χ3v) is 6.75. The summed E-state index contributed by atoms with van der Waals surface area (Å²) in [4.78, 5) is 11.4. The summed E-state index contributed by atoms with van der Waals surface area (Å²) in [5, 5.41) is 18.3. The van der Waals surface area contributed by atoms with Gasteiger partial charge in [0.05, 0.1) is 25.4 Å². The van der Waals surface area contributed by atoms with Crippen LogP contribution in [0.2, 0.25) is 5.02 Å². The van der Waals surface area contributed by atoms with E-state index in [9.17, 15) is 23.1 Å². The van der Waals surface area contributed by atoms with Crippen LogP contribution in [0.1, 0.15) is 36.8 Å². The topological polar surface area (TPSA) is 79.8 Å². The molecule has 3 N–H and O–H groups in total. The molecule has 2 aromatic carbocycles. The van der Waals surface area contributed by atoms with Gasteiger partial charge in [-0.25, -0.2) is 4.79 Å². The van der Waals surface area contributed by atoms with E-state index in [1.165, 1.54) is 20.3 Å². The van der Waals surface area contributed by atoms with Crippen LogP contribution in [0, 0.1) is 5.92 Å². The van der Waals surface area contributed by atoms with E-state index in [-0.39, 0.29) is 35.2 Å². The lowest BCUT2D eigenvalue weighted by molar-refractivity contribution is -0.137. The fraction of sp³-hybridized carbons (Fsp3) is 0.480. The molecule has 35 heavy (non-hydrogen) atoms. The third-order valence-electron chi connectivity index (χ3n) is 6.44. The van der Waals surface area contributed by atoms with Gasteiger partial charge in [-0.05, 0) is 62.1 Å². The number of hydrogen-bond donors (Lipinski definition) is 3. The van der Waals surface area contributed by atoms with Gasteiger partial charge in [-0.15, -0.1) is 0 Å². The third kappa shape index (κ3) is 6.20. The molecule has 0 aromatic heterocycles. The van der Waals surface area contributed by atoms with Crippen LogP contribution in [-0.4, -0.2) is 45.1 Å². The van der Waals surface area contributed by atoms with Crippen molar-refractivity contribution in [3.05, 3.63) is 52.5 Å². The molecule has 2 atom stereocenters. The van der Waals surface area contributed by atoms with Crippen molar-refractivity contribution >= 4 is 17.7 Å². The van der Waals surface area contributed by atoms with E-state index in [0.29, 0.717) is 24.1 Å². The fourth-order valence-electron chi connectivity index (χ4n) is 4.68. The van der Waals surface area contributed by atoms with Gasteiger partial charge in [-0.3, -0.25) is 0 Å². The number of piperidine rings is 1. The zero-order chi connectivity index (χ0) is 25.6. The molecule has 2 unspecified atom stereocenters. The first-order valence-corrected chi connectivity index (χ1v) is 11.8. The zero-order valence-electron chi connectivity index (χ0n) is 19.7. The van der Waals surface area contributed by atoms with Crippen molar-refractivity contribution in [1.82, 2.24) is 10.6 Å². The minimum absolute atomic E-state index is 0.151. The molecule has 3 rings (SSSR count). The zero-order valence-corrected chi connectivity index (χ0v) is 20.4. The van der Waals surface area contributed by atoms with Crippen molar-refractivity contribution in [1.29, 1.82) is 0 Å². The normalized spacial score (nSPS) is 18.0. The second-order valence-corrected chi connectivity index (χ2v) is 8.97. The Bertz CT molecular complexity index is 1030. The molecule has 0 bridgehead atoms. The van der Waals surface area contributed by atoms with Gasteiger partial charge in [0.2, 0.25) is 0 Å². The molecule has 0 saturated carbocycles. The molecule has 0 aliphatic carbocycles. The van der Waals surface area contributed by atoms with Crippen LogP contribution in [0.5, 0.6) is 5.75 Å². The number of aliphatic hydroxyl groups is 1. The van der Waals surface area contributed by atoms with Crippen LogP contribution in [0.25, 0.3) is 11.1 Å². The Balaban J connectivity index is 2.12. The van der Waals surface area contributed by atoms with Crippen molar-refractivity contribution in [2.75, 3.05) is 33.9 Å². The summed E-state index contributed by atoms with van der Waals surface area (Å²) >= 11 is 6.59. The van der Waals surface area contributed by atoms with E-state index >= 15 is 0 Å². The van der Waals surface area contributed by atoms with Crippen LogP contribution >= 0.6 is 11.6 Å². The molecule has 1 fully saturated rings. The number of alkyl halides is 3. The molecule has 192 valence electrons. The molecule has 1 aliphatic heterocycles. The Labute approximate surface area is 207 Å². The van der Waals surface area contributed by atoms with Crippen molar-refractivity contribution in [2.45, 2.75) is 37.5 Å². The van der Waals surface area contributed by atoms with Gasteiger partial charge < -0.3 is 25.2 Å². The van der Waals surface area contributed by atoms with Gasteiger partial charge in [0.25, 0.3) is 0 Å². The number of ether oxygens (including phenoxy) is 2. The number of carbonyl (C=O) groups is 1. The second kappa shape index (κ2) is 11.5. The Morgan fingerprint density at radius 3 is 2.66 bits per heavy atom. The fourth-order valence-corrected chi connectivity index (χ4v) is 4.95. The van der Waals surface area contributed by atoms with Crippen LogP contribution < -0.4 is 15.4 Å². The van der Waals surface area contributed by atoms with Crippen molar-refractivity contribution < 1.29 is 32.5 Å². The minimum Gasteiger partial charge on any atom is -0.496 e. The standard InChI is InChI=1S/C25H30ClF3N2O4/c1-34-21-10-9-16(25(27,28)29)14-18(21)22-19(7-3-8-20(22)26)24(33,17-6-4-12-30-15-17)11-5-13-31-23(32)35-2/h3,7-10,14,17,30,33H,4-6,11-13,15H2,1-2H3,(H,31,32). The molecule has 1 heterocycles. The Morgan fingerprint density at radius 2 is 2.03 bits per heavy atom. The molecular weight excluding hydrogens is 485 g/mol. The molecule has 1 saturated heterocycles.